The minimum atomic E-state index is 1.08. The van der Waals surface area contributed by atoms with Crippen molar-refractivity contribution >= 4 is 59.3 Å². The number of aromatic nitrogens is 1. The molecular weight excluding hydrogens is 529 g/mol. The Labute approximate surface area is 248 Å². The Balaban J connectivity index is 1.28. The first kappa shape index (κ1) is 24.5. The maximum absolute atomic E-state index is 4.74. The van der Waals surface area contributed by atoms with E-state index in [9.17, 15) is 0 Å². The van der Waals surface area contributed by atoms with Crippen LogP contribution >= 0.6 is 11.3 Å². The quantitative estimate of drug-likeness (QED) is 0.210. The number of pyridine rings is 1. The highest BCUT2D eigenvalue weighted by molar-refractivity contribution is 7.26. The van der Waals surface area contributed by atoms with Crippen molar-refractivity contribution in [3.8, 4) is 22.3 Å². The van der Waals surface area contributed by atoms with Gasteiger partial charge in [-0.1, -0.05) is 115 Å². The number of hydrogen-bond donors (Lipinski definition) is 0. The fourth-order valence-corrected chi connectivity index (χ4v) is 7.09. The lowest BCUT2D eigenvalue weighted by Gasteiger charge is -2.26. The number of benzene rings is 6. The largest absolute Gasteiger partial charge is 0.308 e. The predicted molar refractivity (Wildman–Crippen MR) is 180 cm³/mol. The van der Waals surface area contributed by atoms with Crippen LogP contribution in [0, 0.1) is 0 Å². The summed E-state index contributed by atoms with van der Waals surface area (Å²) in [7, 11) is 0. The normalized spacial score (nSPS) is 11.3. The first-order chi connectivity index (χ1) is 20.8. The predicted octanol–water partition coefficient (Wildman–Crippen LogP) is 11.4. The van der Waals surface area contributed by atoms with Crippen LogP contribution in [-0.4, -0.2) is 4.98 Å². The van der Waals surface area contributed by atoms with Gasteiger partial charge in [-0.05, 0) is 63.4 Å². The van der Waals surface area contributed by atoms with E-state index < -0.39 is 0 Å². The zero-order valence-electron chi connectivity index (χ0n) is 22.8. The number of rotatable bonds is 5. The van der Waals surface area contributed by atoms with Crippen molar-refractivity contribution in [2.24, 2.45) is 0 Å². The maximum Gasteiger partial charge on any atom is 0.0824 e. The maximum atomic E-state index is 4.74. The second-order valence-corrected chi connectivity index (χ2v) is 11.5. The van der Waals surface area contributed by atoms with E-state index in [0.717, 1.165) is 17.1 Å². The third-order valence-corrected chi connectivity index (χ3v) is 9.18. The van der Waals surface area contributed by atoms with Gasteiger partial charge in [0, 0.05) is 33.0 Å². The summed E-state index contributed by atoms with van der Waals surface area (Å²) in [5, 5.41) is 4.95. The second-order valence-electron chi connectivity index (χ2n) is 10.5. The summed E-state index contributed by atoms with van der Waals surface area (Å²) in [4.78, 5) is 7.08. The average molecular weight is 555 g/mol. The van der Waals surface area contributed by atoms with Gasteiger partial charge in [0.2, 0.25) is 0 Å². The van der Waals surface area contributed by atoms with Crippen LogP contribution < -0.4 is 4.90 Å². The molecule has 198 valence electrons. The van der Waals surface area contributed by atoms with Crippen LogP contribution in [0.25, 0.3) is 53.2 Å². The van der Waals surface area contributed by atoms with Crippen LogP contribution in [0.3, 0.4) is 0 Å². The van der Waals surface area contributed by atoms with Gasteiger partial charge in [0.25, 0.3) is 0 Å². The molecule has 0 N–H and O–H groups in total. The number of fused-ring (bicyclic) bond motifs is 4. The summed E-state index contributed by atoms with van der Waals surface area (Å²) in [5.74, 6) is 0. The van der Waals surface area contributed by atoms with E-state index in [1.807, 2.05) is 23.7 Å². The molecule has 2 heterocycles. The van der Waals surface area contributed by atoms with Gasteiger partial charge in [-0.2, -0.15) is 0 Å². The van der Waals surface area contributed by atoms with Gasteiger partial charge in [-0.15, -0.1) is 11.3 Å². The standard InChI is InChI=1S/C39H26N2S/c1-2-9-27(10-3-1)28-17-21-31(22-18-28)41(37-26-40-25-36-35-14-6-7-16-38(35)42-39(36)37)32-23-19-30(20-24-32)34-15-8-12-29-11-4-5-13-33(29)34/h1-26H. The summed E-state index contributed by atoms with van der Waals surface area (Å²) in [5.41, 5.74) is 8.13. The number of nitrogens with zero attached hydrogens (tertiary/aromatic N) is 2. The van der Waals surface area contributed by atoms with Crippen molar-refractivity contribution in [3.63, 3.8) is 0 Å². The second kappa shape index (κ2) is 10.3. The summed E-state index contributed by atoms with van der Waals surface area (Å²) >= 11 is 1.83. The zero-order chi connectivity index (χ0) is 27.9. The third-order valence-electron chi connectivity index (χ3n) is 7.97. The number of hydrogen-bond acceptors (Lipinski definition) is 3. The topological polar surface area (TPSA) is 16.1 Å². The van der Waals surface area contributed by atoms with Gasteiger partial charge in [0.05, 0.1) is 16.6 Å². The Morgan fingerprint density at radius 2 is 1.07 bits per heavy atom. The van der Waals surface area contributed by atoms with Gasteiger partial charge in [0.15, 0.2) is 0 Å². The Morgan fingerprint density at radius 3 is 1.86 bits per heavy atom. The highest BCUT2D eigenvalue weighted by atomic mass is 32.1. The molecule has 0 amide bonds. The van der Waals surface area contributed by atoms with Crippen LogP contribution in [0.15, 0.2) is 158 Å². The molecule has 8 aromatic rings. The lowest BCUT2D eigenvalue weighted by molar-refractivity contribution is 1.26. The highest BCUT2D eigenvalue weighted by Crippen LogP contribution is 2.44. The average Bonchev–Trinajstić information content (AvgIpc) is 3.45. The van der Waals surface area contributed by atoms with Crippen molar-refractivity contribution in [1.29, 1.82) is 0 Å². The van der Waals surface area contributed by atoms with Crippen molar-refractivity contribution in [1.82, 2.24) is 4.98 Å². The molecule has 0 spiro atoms. The fraction of sp³-hybridized carbons (Fsp3) is 0. The molecule has 0 aliphatic carbocycles. The van der Waals surface area contributed by atoms with Crippen LogP contribution in [0.4, 0.5) is 17.1 Å². The van der Waals surface area contributed by atoms with E-state index in [0.29, 0.717) is 0 Å². The number of anilines is 3. The van der Waals surface area contributed by atoms with E-state index in [1.54, 1.807) is 0 Å². The van der Waals surface area contributed by atoms with Crippen LogP contribution in [-0.2, 0) is 0 Å². The van der Waals surface area contributed by atoms with Crippen LogP contribution in [0.5, 0.6) is 0 Å². The molecule has 0 fully saturated rings. The van der Waals surface area contributed by atoms with E-state index in [4.69, 9.17) is 4.98 Å². The molecule has 2 aromatic heterocycles. The van der Waals surface area contributed by atoms with Crippen molar-refractivity contribution in [3.05, 3.63) is 158 Å². The molecule has 0 aliphatic heterocycles. The molecule has 6 aromatic carbocycles. The Kier molecular flexibility index (Phi) is 6.02. The summed E-state index contributed by atoms with van der Waals surface area (Å²) in [6.45, 7) is 0. The van der Waals surface area contributed by atoms with Crippen LogP contribution in [0.2, 0.25) is 0 Å². The molecule has 0 atom stereocenters. The van der Waals surface area contributed by atoms with E-state index in [2.05, 4.69) is 150 Å². The van der Waals surface area contributed by atoms with E-state index in [1.165, 1.54) is 53.2 Å². The van der Waals surface area contributed by atoms with Gasteiger partial charge in [0.1, 0.15) is 0 Å². The molecule has 0 radical (unpaired) electrons. The SMILES string of the molecule is c1ccc(-c2ccc(N(c3ccc(-c4cccc5ccccc45)cc3)c3cncc4c3sc3ccccc34)cc2)cc1. The molecule has 0 unspecified atom stereocenters. The van der Waals surface area contributed by atoms with Gasteiger partial charge < -0.3 is 4.90 Å². The molecule has 0 saturated heterocycles. The molecule has 42 heavy (non-hydrogen) atoms. The van der Waals surface area contributed by atoms with E-state index in [-0.39, 0.29) is 0 Å². The highest BCUT2D eigenvalue weighted by Gasteiger charge is 2.19. The Hall–Kier alpha value is -5.25. The molecular formula is C39H26N2S. The zero-order valence-corrected chi connectivity index (χ0v) is 23.6. The monoisotopic (exact) mass is 554 g/mol. The summed E-state index contributed by atoms with van der Waals surface area (Å²) in [6, 6.07) is 52.0. The minimum Gasteiger partial charge on any atom is -0.308 e. The lowest BCUT2D eigenvalue weighted by Crippen LogP contribution is -2.10. The Bertz CT molecular complexity index is 2170. The van der Waals surface area contributed by atoms with Crippen molar-refractivity contribution < 1.29 is 0 Å². The van der Waals surface area contributed by atoms with Crippen LogP contribution in [0.1, 0.15) is 0 Å². The van der Waals surface area contributed by atoms with Gasteiger partial charge in [-0.25, -0.2) is 0 Å². The van der Waals surface area contributed by atoms with Gasteiger partial charge in [-0.3, -0.25) is 4.98 Å². The smallest absolute Gasteiger partial charge is 0.0824 e. The fourth-order valence-electron chi connectivity index (χ4n) is 5.91. The molecule has 2 nitrogen and oxygen atoms in total. The molecule has 8 rings (SSSR count). The van der Waals surface area contributed by atoms with E-state index >= 15 is 0 Å². The number of thiophene rings is 1. The van der Waals surface area contributed by atoms with Crippen molar-refractivity contribution in [2.45, 2.75) is 0 Å². The van der Waals surface area contributed by atoms with Gasteiger partial charge >= 0.3 is 0 Å². The third kappa shape index (κ3) is 4.23. The molecule has 0 aliphatic rings. The first-order valence-corrected chi connectivity index (χ1v) is 14.9. The molecule has 3 heteroatoms. The van der Waals surface area contributed by atoms with Crippen molar-refractivity contribution in [2.75, 3.05) is 4.90 Å². The lowest BCUT2D eigenvalue weighted by atomic mass is 9.98. The summed E-state index contributed by atoms with van der Waals surface area (Å²) < 4.78 is 2.50. The summed E-state index contributed by atoms with van der Waals surface area (Å²) in [6.07, 6.45) is 4.00. The minimum absolute atomic E-state index is 1.08. The Morgan fingerprint density at radius 1 is 0.452 bits per heavy atom. The molecule has 0 bridgehead atoms. The molecule has 0 saturated carbocycles. The first-order valence-electron chi connectivity index (χ1n) is 14.1.